The van der Waals surface area contributed by atoms with E-state index in [1.54, 1.807) is 49.5 Å². The third-order valence-corrected chi connectivity index (χ3v) is 5.95. The molecule has 6 nitrogen and oxygen atoms in total. The van der Waals surface area contributed by atoms with Gasteiger partial charge in [-0.1, -0.05) is 42.1 Å². The van der Waals surface area contributed by atoms with Gasteiger partial charge in [0.1, 0.15) is 17.2 Å². The van der Waals surface area contributed by atoms with Crippen LogP contribution in [0.4, 0.5) is 5.69 Å². The molecule has 0 bridgehead atoms. The Bertz CT molecular complexity index is 1200. The minimum absolute atomic E-state index is 0.0570. The number of thioether (sulfide) groups is 1. The molecule has 0 spiro atoms. The monoisotopic (exact) mass is 458 g/mol. The molecule has 0 aromatic heterocycles. The first-order valence-electron chi connectivity index (χ1n) is 10.2. The number of aliphatic imine (C=N–C) groups is 1. The average molecular weight is 459 g/mol. The molecule has 3 aromatic carbocycles. The van der Waals surface area contributed by atoms with Crippen LogP contribution in [0.5, 0.6) is 11.5 Å². The van der Waals surface area contributed by atoms with Crippen LogP contribution in [0.3, 0.4) is 0 Å². The van der Waals surface area contributed by atoms with E-state index in [4.69, 9.17) is 9.47 Å². The SMILES string of the molecule is COc1ccc(/C=C2/N=C(SCC(=O)c3ccc(OC)cc3)N(c3ccccc3)C2=O)cc1. The summed E-state index contributed by atoms with van der Waals surface area (Å²) in [4.78, 5) is 32.1. The number of para-hydroxylation sites is 1. The molecular weight excluding hydrogens is 436 g/mol. The van der Waals surface area contributed by atoms with E-state index in [9.17, 15) is 9.59 Å². The number of methoxy groups -OCH3 is 2. The minimum Gasteiger partial charge on any atom is -0.497 e. The zero-order chi connectivity index (χ0) is 23.2. The molecule has 3 aromatic rings. The number of hydrogen-bond donors (Lipinski definition) is 0. The lowest BCUT2D eigenvalue weighted by Crippen LogP contribution is -2.30. The maximum Gasteiger partial charge on any atom is 0.283 e. The molecule has 1 aliphatic heterocycles. The zero-order valence-electron chi connectivity index (χ0n) is 18.2. The number of Topliss-reactive ketones (excluding diaryl/α,β-unsaturated/α-hetero) is 1. The summed E-state index contributed by atoms with van der Waals surface area (Å²) in [5, 5.41) is 0.466. The highest BCUT2D eigenvalue weighted by Gasteiger charge is 2.32. The molecule has 166 valence electrons. The quantitative estimate of drug-likeness (QED) is 0.366. The molecular formula is C26H22N2O4S. The van der Waals surface area contributed by atoms with Crippen LogP contribution in [0.1, 0.15) is 15.9 Å². The van der Waals surface area contributed by atoms with Gasteiger partial charge in [0.25, 0.3) is 5.91 Å². The summed E-state index contributed by atoms with van der Waals surface area (Å²) < 4.78 is 10.3. The van der Waals surface area contributed by atoms with E-state index in [1.165, 1.54) is 11.8 Å². The summed E-state index contributed by atoms with van der Waals surface area (Å²) in [6.07, 6.45) is 1.73. The van der Waals surface area contributed by atoms with Gasteiger partial charge < -0.3 is 9.47 Å². The molecule has 0 unspecified atom stereocenters. The topological polar surface area (TPSA) is 68.2 Å². The zero-order valence-corrected chi connectivity index (χ0v) is 19.0. The summed E-state index contributed by atoms with van der Waals surface area (Å²) in [6.45, 7) is 0. The number of benzene rings is 3. The maximum atomic E-state index is 13.2. The maximum absolute atomic E-state index is 13.2. The fourth-order valence-corrected chi connectivity index (χ4v) is 4.15. The van der Waals surface area contributed by atoms with Gasteiger partial charge >= 0.3 is 0 Å². The van der Waals surface area contributed by atoms with Gasteiger partial charge in [0, 0.05) is 5.56 Å². The molecule has 0 N–H and O–H groups in total. The van der Waals surface area contributed by atoms with E-state index in [0.717, 1.165) is 11.3 Å². The van der Waals surface area contributed by atoms with Crippen molar-refractivity contribution in [2.24, 2.45) is 4.99 Å². The molecule has 0 saturated heterocycles. The summed E-state index contributed by atoms with van der Waals surface area (Å²) in [5.41, 5.74) is 2.41. The highest BCUT2D eigenvalue weighted by atomic mass is 32.2. The predicted molar refractivity (Wildman–Crippen MR) is 132 cm³/mol. The van der Waals surface area contributed by atoms with Crippen molar-refractivity contribution in [3.05, 3.63) is 95.7 Å². The summed E-state index contributed by atoms with van der Waals surface area (Å²) in [7, 11) is 3.18. The molecule has 1 heterocycles. The summed E-state index contributed by atoms with van der Waals surface area (Å²) >= 11 is 1.24. The Hall–Kier alpha value is -3.84. The first-order valence-corrected chi connectivity index (χ1v) is 11.2. The lowest BCUT2D eigenvalue weighted by molar-refractivity contribution is -0.113. The van der Waals surface area contributed by atoms with Crippen molar-refractivity contribution in [3.8, 4) is 11.5 Å². The van der Waals surface area contributed by atoms with Crippen LogP contribution in [0.2, 0.25) is 0 Å². The molecule has 1 aliphatic rings. The smallest absolute Gasteiger partial charge is 0.283 e. The number of ketones is 1. The van der Waals surface area contributed by atoms with E-state index in [1.807, 2.05) is 54.6 Å². The van der Waals surface area contributed by atoms with Crippen molar-refractivity contribution in [2.45, 2.75) is 0 Å². The van der Waals surface area contributed by atoms with Crippen molar-refractivity contribution in [3.63, 3.8) is 0 Å². The van der Waals surface area contributed by atoms with Gasteiger partial charge in [0.15, 0.2) is 11.0 Å². The average Bonchev–Trinajstić information content (AvgIpc) is 3.18. The van der Waals surface area contributed by atoms with Crippen LogP contribution in [0.15, 0.2) is 89.6 Å². The number of carbonyl (C=O) groups excluding carboxylic acids is 2. The Morgan fingerprint density at radius 3 is 2.12 bits per heavy atom. The van der Waals surface area contributed by atoms with Crippen LogP contribution < -0.4 is 14.4 Å². The normalized spacial score (nSPS) is 14.4. The summed E-state index contributed by atoms with van der Waals surface area (Å²) in [6, 6.07) is 23.6. The third-order valence-electron chi connectivity index (χ3n) is 5.01. The molecule has 0 aliphatic carbocycles. The molecule has 0 fully saturated rings. The molecule has 33 heavy (non-hydrogen) atoms. The Morgan fingerprint density at radius 2 is 1.52 bits per heavy atom. The Kier molecular flexibility index (Phi) is 6.90. The first kappa shape index (κ1) is 22.4. The number of nitrogens with zero attached hydrogens (tertiary/aromatic N) is 2. The van der Waals surface area contributed by atoms with Gasteiger partial charge in [-0.15, -0.1) is 0 Å². The second-order valence-electron chi connectivity index (χ2n) is 7.11. The van der Waals surface area contributed by atoms with Crippen molar-refractivity contribution in [1.29, 1.82) is 0 Å². The number of amides is 1. The molecule has 0 saturated carbocycles. The van der Waals surface area contributed by atoms with Gasteiger partial charge in [0.2, 0.25) is 0 Å². The van der Waals surface area contributed by atoms with Gasteiger partial charge in [-0.25, -0.2) is 4.99 Å². The van der Waals surface area contributed by atoms with Gasteiger partial charge in [-0.05, 0) is 60.2 Å². The standard InChI is InChI=1S/C26H22N2O4S/c1-31-21-12-8-18(9-13-21)16-23-25(30)28(20-6-4-3-5-7-20)26(27-23)33-17-24(29)19-10-14-22(32-2)15-11-19/h3-16H,17H2,1-2H3/b23-16+. The first-order chi connectivity index (χ1) is 16.1. The van der Waals surface area contributed by atoms with Crippen molar-refractivity contribution in [1.82, 2.24) is 0 Å². The number of ether oxygens (including phenoxy) is 2. The summed E-state index contributed by atoms with van der Waals surface area (Å²) in [5.74, 6) is 1.28. The van der Waals surface area contributed by atoms with Crippen LogP contribution >= 0.6 is 11.8 Å². The number of amidine groups is 1. The second-order valence-corrected chi connectivity index (χ2v) is 8.06. The van der Waals surface area contributed by atoms with Crippen LogP contribution in [0.25, 0.3) is 6.08 Å². The minimum atomic E-state index is -0.239. The van der Waals surface area contributed by atoms with Crippen molar-refractivity contribution in [2.75, 3.05) is 24.9 Å². The van der Waals surface area contributed by atoms with Crippen LogP contribution in [-0.2, 0) is 4.79 Å². The van der Waals surface area contributed by atoms with E-state index in [0.29, 0.717) is 27.9 Å². The number of anilines is 1. The molecule has 4 rings (SSSR count). The van der Waals surface area contributed by atoms with Gasteiger partial charge in [0.05, 0.1) is 25.7 Å². The van der Waals surface area contributed by atoms with Crippen LogP contribution in [0, 0.1) is 0 Å². The van der Waals surface area contributed by atoms with Crippen molar-refractivity contribution >= 4 is 40.4 Å². The van der Waals surface area contributed by atoms with Crippen molar-refractivity contribution < 1.29 is 19.1 Å². The van der Waals surface area contributed by atoms with E-state index >= 15 is 0 Å². The number of hydrogen-bond acceptors (Lipinski definition) is 6. The fraction of sp³-hybridized carbons (Fsp3) is 0.115. The Labute approximate surface area is 196 Å². The molecule has 1 amide bonds. The number of carbonyl (C=O) groups is 2. The third kappa shape index (κ3) is 5.15. The molecule has 0 atom stereocenters. The largest absolute Gasteiger partial charge is 0.497 e. The Balaban J connectivity index is 1.58. The van der Waals surface area contributed by atoms with E-state index in [-0.39, 0.29) is 17.4 Å². The predicted octanol–water partition coefficient (Wildman–Crippen LogP) is 5.06. The lowest BCUT2D eigenvalue weighted by atomic mass is 10.1. The lowest BCUT2D eigenvalue weighted by Gasteiger charge is -2.17. The van der Waals surface area contributed by atoms with Gasteiger partial charge in [-0.2, -0.15) is 0 Å². The highest BCUT2D eigenvalue weighted by molar-refractivity contribution is 8.14. The second kappa shape index (κ2) is 10.2. The Morgan fingerprint density at radius 1 is 0.909 bits per heavy atom. The molecule has 0 radical (unpaired) electrons. The fourth-order valence-electron chi connectivity index (χ4n) is 3.25. The van der Waals surface area contributed by atoms with Crippen LogP contribution in [-0.4, -0.2) is 36.8 Å². The number of rotatable bonds is 7. The molecule has 7 heteroatoms. The highest BCUT2D eigenvalue weighted by Crippen LogP contribution is 2.30. The van der Waals surface area contributed by atoms with Gasteiger partial charge in [-0.3, -0.25) is 14.5 Å². The van der Waals surface area contributed by atoms with E-state index in [2.05, 4.69) is 4.99 Å². The van der Waals surface area contributed by atoms with E-state index < -0.39 is 0 Å².